The number of benzene rings is 4. The van der Waals surface area contributed by atoms with Crippen LogP contribution in [0.5, 0.6) is 11.5 Å². The van der Waals surface area contributed by atoms with E-state index in [0.29, 0.717) is 46.5 Å². The first kappa shape index (κ1) is 41.5. The summed E-state index contributed by atoms with van der Waals surface area (Å²) in [5, 5.41) is 28.5. The zero-order valence-electron chi connectivity index (χ0n) is 29.2. The zero-order chi connectivity index (χ0) is 42.9. The lowest BCUT2D eigenvalue weighted by Gasteiger charge is -2.18. The van der Waals surface area contributed by atoms with Gasteiger partial charge in [-0.2, -0.15) is 43.9 Å². The second-order valence-electron chi connectivity index (χ2n) is 12.6. The number of carbonyl (C=O) groups excluding carboxylic acids is 2. The van der Waals surface area contributed by atoms with Gasteiger partial charge in [0.25, 0.3) is 40.5 Å². The summed E-state index contributed by atoms with van der Waals surface area (Å²) < 4.78 is 134. The van der Waals surface area contributed by atoms with Crippen LogP contribution in [0.1, 0.15) is 43.0 Å². The van der Waals surface area contributed by atoms with Crippen molar-refractivity contribution >= 4 is 87.0 Å². The number of ketones is 2. The summed E-state index contributed by atoms with van der Waals surface area (Å²) in [5.74, 6) is -4.22. The van der Waals surface area contributed by atoms with Crippen LogP contribution in [0.25, 0.3) is 23.3 Å². The van der Waals surface area contributed by atoms with Crippen LogP contribution in [0.3, 0.4) is 0 Å². The lowest BCUT2D eigenvalue weighted by atomic mass is 9.94. The molecule has 0 bridgehead atoms. The molecule has 8 N–H and O–H groups in total. The third-order valence-corrected chi connectivity index (χ3v) is 12.1. The highest BCUT2D eigenvalue weighted by Gasteiger charge is 2.37. The number of phenolic OH excluding ortho intramolecular Hbond substituents is 2. The van der Waals surface area contributed by atoms with Gasteiger partial charge in [0.15, 0.2) is 11.4 Å². The fourth-order valence-electron chi connectivity index (χ4n) is 5.92. The Morgan fingerprint density at radius 1 is 0.500 bits per heavy atom. The van der Waals surface area contributed by atoms with Gasteiger partial charge in [0, 0.05) is 12.1 Å². The van der Waals surface area contributed by atoms with Crippen molar-refractivity contribution in [1.29, 1.82) is 0 Å². The molecule has 0 spiro atoms. The molecule has 24 heteroatoms. The van der Waals surface area contributed by atoms with Gasteiger partial charge in [-0.15, -0.1) is 0 Å². The molecule has 0 unspecified atom stereocenters. The molecule has 0 saturated carbocycles. The van der Waals surface area contributed by atoms with Crippen LogP contribution in [0.4, 0.5) is 11.4 Å². The molecule has 0 fully saturated rings. The summed E-state index contributed by atoms with van der Waals surface area (Å²) in [5.41, 5.74) is 4.19. The smallest absolute Gasteiger partial charge is 0.296 e. The van der Waals surface area contributed by atoms with Crippen LogP contribution in [-0.4, -0.2) is 85.1 Å². The topological polar surface area (TPSA) is 341 Å². The van der Waals surface area contributed by atoms with Crippen molar-refractivity contribution in [3.05, 3.63) is 104 Å². The van der Waals surface area contributed by atoms with E-state index < -0.39 is 117 Å². The van der Waals surface area contributed by atoms with Crippen molar-refractivity contribution in [2.24, 2.45) is 10.2 Å². The van der Waals surface area contributed by atoms with Gasteiger partial charge in [0.2, 0.25) is 11.6 Å². The molecule has 0 heterocycles. The molecule has 4 aromatic rings. The average Bonchev–Trinajstić information content (AvgIpc) is 3.09. The van der Waals surface area contributed by atoms with Gasteiger partial charge in [0.05, 0.1) is 32.3 Å². The van der Waals surface area contributed by atoms with E-state index in [1.807, 2.05) is 0 Å². The van der Waals surface area contributed by atoms with Crippen molar-refractivity contribution in [2.75, 3.05) is 10.9 Å². The summed E-state index contributed by atoms with van der Waals surface area (Å²) in [6.45, 7) is 3.26. The number of aromatic hydroxyl groups is 2. The largest absolute Gasteiger partial charge is 0.507 e. The first-order valence-electron chi connectivity index (χ1n) is 15.8. The molecule has 0 radical (unpaired) electrons. The third kappa shape index (κ3) is 8.02. The Hall–Kier alpha value is -6.12. The van der Waals surface area contributed by atoms with Crippen LogP contribution >= 0.6 is 0 Å². The van der Waals surface area contributed by atoms with Gasteiger partial charge in [-0.3, -0.25) is 38.7 Å². The van der Waals surface area contributed by atoms with E-state index in [9.17, 15) is 71.7 Å². The number of carbonyl (C=O) groups is 2. The first-order chi connectivity index (χ1) is 26.8. The molecule has 0 aliphatic heterocycles. The molecular weight excluding hydrogens is 849 g/mol. The normalized spacial score (nSPS) is 16.1. The maximum absolute atomic E-state index is 13.3. The minimum Gasteiger partial charge on any atom is -0.507 e. The van der Waals surface area contributed by atoms with Gasteiger partial charge in [0.1, 0.15) is 21.3 Å². The summed E-state index contributed by atoms with van der Waals surface area (Å²) in [4.78, 5) is 22.9. The third-order valence-electron chi connectivity index (χ3n) is 8.68. The highest BCUT2D eigenvalue weighted by molar-refractivity contribution is 7.91. The lowest BCUT2D eigenvalue weighted by Crippen LogP contribution is -2.27. The Morgan fingerprint density at radius 3 is 1.14 bits per heavy atom. The summed E-state index contributed by atoms with van der Waals surface area (Å²) >= 11 is 0. The van der Waals surface area contributed by atoms with E-state index in [1.54, 1.807) is 38.1 Å². The number of anilines is 2. The summed E-state index contributed by atoms with van der Waals surface area (Å²) in [6.07, 6.45) is 1.41. The fourth-order valence-corrected chi connectivity index (χ4v) is 8.31. The van der Waals surface area contributed by atoms with Crippen LogP contribution in [0, 0.1) is 13.8 Å². The minimum absolute atomic E-state index is 0.253. The number of fused-ring (bicyclic) bond motifs is 2. The minimum atomic E-state index is -5.15. The number of nitrogens with one attached hydrogen (secondary N) is 2. The molecule has 20 nitrogen and oxygen atoms in total. The number of allylic oxidation sites excluding steroid dienone is 2. The van der Waals surface area contributed by atoms with Crippen molar-refractivity contribution in [1.82, 2.24) is 0 Å². The lowest BCUT2D eigenvalue weighted by molar-refractivity contribution is 0.105. The number of hydrazone groups is 2. The van der Waals surface area contributed by atoms with E-state index in [0.717, 1.165) is 12.1 Å². The van der Waals surface area contributed by atoms with Crippen LogP contribution in [0.2, 0.25) is 0 Å². The molecule has 6 rings (SSSR count). The Labute approximate surface area is 328 Å². The van der Waals surface area contributed by atoms with Gasteiger partial charge in [-0.1, -0.05) is 12.1 Å². The number of nitrogens with zero attached hydrogens (tertiary/aromatic N) is 2. The van der Waals surface area contributed by atoms with E-state index >= 15 is 0 Å². The number of phenols is 2. The highest BCUT2D eigenvalue weighted by atomic mass is 32.2. The molecule has 0 atom stereocenters. The molecule has 4 aromatic carbocycles. The Balaban J connectivity index is 1.27. The number of rotatable bonds is 9. The van der Waals surface area contributed by atoms with Crippen LogP contribution in [-0.2, 0) is 40.5 Å². The molecule has 0 aromatic heterocycles. The molecule has 302 valence electrons. The second-order valence-corrected chi connectivity index (χ2v) is 18.2. The summed E-state index contributed by atoms with van der Waals surface area (Å²) in [7, 11) is -20.1. The zero-order valence-corrected chi connectivity index (χ0v) is 32.5. The average molecular weight is 875 g/mol. The second kappa shape index (κ2) is 14.4. The monoisotopic (exact) mass is 874 g/mol. The van der Waals surface area contributed by atoms with Crippen molar-refractivity contribution in [2.45, 2.75) is 23.6 Å². The SMILES string of the molecule is Cc1cc(-c2ccc(N/N=C3/C(=O)c4c(O)cc(S(=O)(=O)O)cc4C=C3S(=O)(=O)O)c(C)c2)ccc1N/N=C1/C(=O)c2c(O)cc(S(=O)(=O)O)cc2C=C1S(=O)(=O)O. The molecule has 0 amide bonds. The molecule has 2 aliphatic carbocycles. The number of hydrogen-bond donors (Lipinski definition) is 8. The van der Waals surface area contributed by atoms with Gasteiger partial charge >= 0.3 is 0 Å². The van der Waals surface area contributed by atoms with E-state index in [4.69, 9.17) is 0 Å². The van der Waals surface area contributed by atoms with Crippen molar-refractivity contribution in [3.63, 3.8) is 0 Å². The predicted molar refractivity (Wildman–Crippen MR) is 207 cm³/mol. The highest BCUT2D eigenvalue weighted by Crippen LogP contribution is 2.36. The Morgan fingerprint density at radius 2 is 0.845 bits per heavy atom. The van der Waals surface area contributed by atoms with Crippen LogP contribution in [0.15, 0.2) is 90.5 Å². The standard InChI is InChI=1S/C34H26N4O16S4/c1-15-7-17(3-5-23(15)35-37-31-27(57(49,50)51)11-19-9-21(55(43,44)45)13-25(39)29(19)33(31)41)18-4-6-24(16(2)8-18)36-38-32-28(58(52,53)54)12-20-10-22(56(46,47)48)14-26(40)30(20)34(32)42/h3-14,35-36,39-40H,1-2H3,(H,43,44,45)(H,46,47,48)(H,49,50,51)(H,52,53,54)/b37-31+,38-32+. The number of aryl methyl sites for hydroxylation is 2. The van der Waals surface area contributed by atoms with Crippen molar-refractivity contribution < 1.29 is 71.7 Å². The van der Waals surface area contributed by atoms with Gasteiger partial charge < -0.3 is 10.2 Å². The molecule has 2 aliphatic rings. The fraction of sp³-hybridized carbons (Fsp3) is 0.0588. The first-order valence-corrected chi connectivity index (χ1v) is 21.6. The number of Topliss-reactive ketones (excluding diaryl/α,β-unsaturated/α-hetero) is 2. The Kier molecular flexibility index (Phi) is 10.3. The van der Waals surface area contributed by atoms with Crippen molar-refractivity contribution in [3.8, 4) is 22.6 Å². The van der Waals surface area contributed by atoms with E-state index in [1.165, 1.54) is 12.1 Å². The molecule has 58 heavy (non-hydrogen) atoms. The van der Waals surface area contributed by atoms with Crippen LogP contribution < -0.4 is 10.9 Å². The quantitative estimate of drug-likeness (QED) is 0.0878. The summed E-state index contributed by atoms with van der Waals surface area (Å²) in [6, 6.07) is 12.2. The van der Waals surface area contributed by atoms with E-state index in [2.05, 4.69) is 21.1 Å². The Bertz CT molecular complexity index is 2920. The maximum Gasteiger partial charge on any atom is 0.296 e. The van der Waals surface area contributed by atoms with Gasteiger partial charge in [-0.05, 0) is 95.8 Å². The predicted octanol–water partition coefficient (Wildman–Crippen LogP) is 3.66. The van der Waals surface area contributed by atoms with Gasteiger partial charge in [-0.25, -0.2) is 0 Å². The number of hydrogen-bond acceptors (Lipinski definition) is 16. The van der Waals surface area contributed by atoms with E-state index in [-0.39, 0.29) is 11.4 Å². The molecular formula is C34H26N4O16S4. The molecule has 0 saturated heterocycles. The maximum atomic E-state index is 13.3.